The molecule has 0 aliphatic rings. The molecule has 0 aliphatic carbocycles. The highest BCUT2D eigenvalue weighted by molar-refractivity contribution is 14.1. The Kier molecular flexibility index (Phi) is 8.43. The number of fused-ring (bicyclic) bond motifs is 2. The molecule has 4 N–H and O–H groups in total. The first kappa shape index (κ1) is 26.1. The SMILES string of the molecule is CCCCc1c(I)c(=O)oc2[nH]c(=O)[nH]c(=O)c12.CCCCc1cc(=O)oc2[nH]c(=O)[nH]c(=O)c12. The normalized spacial score (nSPS) is 10.9. The molecule has 4 heterocycles. The van der Waals surface area contributed by atoms with Crippen molar-refractivity contribution < 1.29 is 8.83 Å². The van der Waals surface area contributed by atoms with E-state index in [1.807, 2.05) is 36.4 Å². The Morgan fingerprint density at radius 1 is 0.743 bits per heavy atom. The molecule has 0 bridgehead atoms. The summed E-state index contributed by atoms with van der Waals surface area (Å²) in [5.74, 6) is 0. The fraction of sp³-hybridized carbons (Fsp3) is 0.364. The maximum absolute atomic E-state index is 11.8. The summed E-state index contributed by atoms with van der Waals surface area (Å²) in [7, 11) is 0. The first-order valence-electron chi connectivity index (χ1n) is 10.9. The highest BCUT2D eigenvalue weighted by Gasteiger charge is 2.16. The van der Waals surface area contributed by atoms with E-state index < -0.39 is 33.7 Å². The van der Waals surface area contributed by atoms with E-state index in [0.717, 1.165) is 25.7 Å². The Morgan fingerprint density at radius 2 is 1.29 bits per heavy atom. The molecule has 0 amide bonds. The summed E-state index contributed by atoms with van der Waals surface area (Å²) >= 11 is 1.87. The predicted octanol–water partition coefficient (Wildman–Crippen LogP) is 1.63. The summed E-state index contributed by atoms with van der Waals surface area (Å²) in [6.07, 6.45) is 4.81. The second-order valence-corrected chi connectivity index (χ2v) is 8.78. The molecule has 0 aromatic carbocycles. The van der Waals surface area contributed by atoms with Crippen LogP contribution in [0.1, 0.15) is 50.7 Å². The molecule has 0 atom stereocenters. The molecule has 0 saturated heterocycles. The van der Waals surface area contributed by atoms with E-state index in [4.69, 9.17) is 8.83 Å². The molecule has 0 saturated carbocycles. The van der Waals surface area contributed by atoms with Gasteiger partial charge in [-0.1, -0.05) is 26.7 Å². The first-order chi connectivity index (χ1) is 16.7. The van der Waals surface area contributed by atoms with Gasteiger partial charge in [0.1, 0.15) is 14.3 Å². The predicted molar refractivity (Wildman–Crippen MR) is 137 cm³/mol. The van der Waals surface area contributed by atoms with Gasteiger partial charge in [0.25, 0.3) is 11.1 Å². The number of hydrogen-bond donors (Lipinski definition) is 4. The summed E-state index contributed by atoms with van der Waals surface area (Å²) in [6.45, 7) is 4.03. The number of aromatic amines is 4. The van der Waals surface area contributed by atoms with E-state index >= 15 is 0 Å². The van der Waals surface area contributed by atoms with Gasteiger partial charge in [-0.3, -0.25) is 29.5 Å². The van der Waals surface area contributed by atoms with Crippen molar-refractivity contribution in [3.63, 3.8) is 0 Å². The third-order valence-corrected chi connectivity index (χ3v) is 6.24. The van der Waals surface area contributed by atoms with Crippen LogP contribution in [-0.2, 0) is 12.8 Å². The second kappa shape index (κ2) is 11.3. The van der Waals surface area contributed by atoms with Crippen LogP contribution in [0.2, 0.25) is 0 Å². The molecule has 186 valence electrons. The highest BCUT2D eigenvalue weighted by atomic mass is 127. The molecule has 4 aromatic rings. The highest BCUT2D eigenvalue weighted by Crippen LogP contribution is 2.18. The Morgan fingerprint density at radius 3 is 1.89 bits per heavy atom. The van der Waals surface area contributed by atoms with Crippen molar-refractivity contribution in [2.45, 2.75) is 52.4 Å². The number of aryl methyl sites for hydroxylation is 2. The number of unbranched alkanes of at least 4 members (excludes halogenated alkanes) is 2. The number of halogens is 1. The summed E-state index contributed by atoms with van der Waals surface area (Å²) in [4.78, 5) is 77.5. The molecule has 4 aromatic heterocycles. The number of hydrogen-bond acceptors (Lipinski definition) is 8. The van der Waals surface area contributed by atoms with Crippen LogP contribution in [-0.4, -0.2) is 19.9 Å². The fourth-order valence-corrected chi connectivity index (χ4v) is 4.17. The lowest BCUT2D eigenvalue weighted by Gasteiger charge is -2.05. The van der Waals surface area contributed by atoms with Crippen molar-refractivity contribution in [1.29, 1.82) is 0 Å². The summed E-state index contributed by atoms with van der Waals surface area (Å²) in [5, 5.41) is 0.504. The van der Waals surface area contributed by atoms with Crippen LogP contribution in [0.5, 0.6) is 0 Å². The van der Waals surface area contributed by atoms with Crippen molar-refractivity contribution >= 4 is 44.8 Å². The number of rotatable bonds is 6. The van der Waals surface area contributed by atoms with Gasteiger partial charge in [0.15, 0.2) is 0 Å². The molecule has 35 heavy (non-hydrogen) atoms. The van der Waals surface area contributed by atoms with Gasteiger partial charge < -0.3 is 8.83 Å². The minimum absolute atomic E-state index is 0.0553. The van der Waals surface area contributed by atoms with Gasteiger partial charge in [-0.25, -0.2) is 19.2 Å². The Bertz CT molecular complexity index is 1720. The molecule has 0 radical (unpaired) electrons. The quantitative estimate of drug-likeness (QED) is 0.241. The van der Waals surface area contributed by atoms with Crippen molar-refractivity contribution in [2.75, 3.05) is 0 Å². The van der Waals surface area contributed by atoms with Crippen LogP contribution in [0, 0.1) is 3.57 Å². The average Bonchev–Trinajstić information content (AvgIpc) is 2.77. The van der Waals surface area contributed by atoms with Gasteiger partial charge in [0.05, 0.1) is 0 Å². The molecule has 0 unspecified atom stereocenters. The lowest BCUT2D eigenvalue weighted by atomic mass is 10.1. The van der Waals surface area contributed by atoms with Crippen LogP contribution in [0.4, 0.5) is 0 Å². The monoisotopic (exact) mass is 598 g/mol. The van der Waals surface area contributed by atoms with Gasteiger partial charge >= 0.3 is 22.6 Å². The molecule has 0 aliphatic heterocycles. The van der Waals surface area contributed by atoms with E-state index in [1.165, 1.54) is 6.07 Å². The minimum atomic E-state index is -0.682. The molecule has 13 heteroatoms. The molecular weight excluding hydrogens is 575 g/mol. The Labute approximate surface area is 208 Å². The van der Waals surface area contributed by atoms with E-state index in [1.54, 1.807) is 0 Å². The van der Waals surface area contributed by atoms with E-state index in [2.05, 4.69) is 19.9 Å². The maximum atomic E-state index is 11.8. The number of nitrogens with one attached hydrogen (secondary N) is 4. The van der Waals surface area contributed by atoms with Gasteiger partial charge in [0, 0.05) is 6.07 Å². The van der Waals surface area contributed by atoms with Gasteiger partial charge in [0.2, 0.25) is 11.4 Å². The van der Waals surface area contributed by atoms with Crippen molar-refractivity contribution in [3.8, 4) is 0 Å². The van der Waals surface area contributed by atoms with Crippen molar-refractivity contribution in [2.24, 2.45) is 0 Å². The topological polar surface area (TPSA) is 192 Å². The van der Waals surface area contributed by atoms with Crippen molar-refractivity contribution in [1.82, 2.24) is 19.9 Å². The standard InChI is InChI=1S/C11H11IN2O4.C11H12N2O4/c1-2-3-4-5-6-8(15)13-11(17)14-9(6)18-10(16)7(5)12;1-2-3-4-6-5-7(14)17-10-8(6)9(15)12-11(16)13-10/h2-4H2,1H3,(H2,13,14,15,17);5H,2-4H2,1H3,(H2,12,13,15,16). The largest absolute Gasteiger partial charge is 0.405 e. The lowest BCUT2D eigenvalue weighted by molar-refractivity contribution is 0.538. The molecule has 0 spiro atoms. The number of H-pyrrole nitrogens is 4. The smallest absolute Gasteiger partial charge is 0.351 e. The third-order valence-electron chi connectivity index (χ3n) is 5.15. The zero-order valence-corrected chi connectivity index (χ0v) is 21.1. The summed E-state index contributed by atoms with van der Waals surface area (Å²) < 4.78 is 10.1. The summed E-state index contributed by atoms with van der Waals surface area (Å²) in [6, 6.07) is 1.30. The molecule has 12 nitrogen and oxygen atoms in total. The molecule has 0 fully saturated rings. The van der Waals surface area contributed by atoms with Crippen LogP contribution < -0.4 is 33.7 Å². The fourth-order valence-electron chi connectivity index (χ4n) is 3.52. The third kappa shape index (κ3) is 5.96. The zero-order chi connectivity index (χ0) is 25.7. The van der Waals surface area contributed by atoms with Gasteiger partial charge in [-0.15, -0.1) is 0 Å². The lowest BCUT2D eigenvalue weighted by Crippen LogP contribution is -2.25. The molecule has 4 rings (SSSR count). The average molecular weight is 598 g/mol. The van der Waals surface area contributed by atoms with Gasteiger partial charge in [-0.05, 0) is 59.4 Å². The van der Waals surface area contributed by atoms with Crippen molar-refractivity contribution in [3.05, 3.63) is 83.3 Å². The van der Waals surface area contributed by atoms with Crippen LogP contribution in [0.15, 0.2) is 43.7 Å². The van der Waals surface area contributed by atoms with Gasteiger partial charge in [-0.2, -0.15) is 0 Å². The second-order valence-electron chi connectivity index (χ2n) is 7.70. The summed E-state index contributed by atoms with van der Waals surface area (Å²) in [5.41, 5.74) is -2.38. The zero-order valence-electron chi connectivity index (χ0n) is 19.0. The van der Waals surface area contributed by atoms with E-state index in [0.29, 0.717) is 27.5 Å². The van der Waals surface area contributed by atoms with Crippen LogP contribution in [0.3, 0.4) is 0 Å². The first-order valence-corrected chi connectivity index (χ1v) is 12.0. The number of aromatic nitrogens is 4. The van der Waals surface area contributed by atoms with Crippen LogP contribution in [0.25, 0.3) is 22.2 Å². The Balaban J connectivity index is 0.000000196. The molecular formula is C22H23IN4O8. The van der Waals surface area contributed by atoms with Crippen LogP contribution >= 0.6 is 22.6 Å². The minimum Gasteiger partial charge on any atom is -0.405 e. The maximum Gasteiger partial charge on any atom is 0.351 e. The van der Waals surface area contributed by atoms with E-state index in [9.17, 15) is 28.8 Å². The van der Waals surface area contributed by atoms with E-state index in [-0.39, 0.29) is 22.2 Å². The Hall–Kier alpha value is -3.49.